The van der Waals surface area contributed by atoms with E-state index in [0.29, 0.717) is 28.1 Å². The van der Waals surface area contributed by atoms with Crippen LogP contribution in [0.25, 0.3) is 11.1 Å². The Morgan fingerprint density at radius 3 is 2.24 bits per heavy atom. The lowest BCUT2D eigenvalue weighted by Gasteiger charge is -2.29. The molecule has 0 aromatic heterocycles. The summed E-state index contributed by atoms with van der Waals surface area (Å²) in [6.45, 7) is 0.107. The molecule has 1 aliphatic rings. The zero-order valence-electron chi connectivity index (χ0n) is 17.1. The summed E-state index contributed by atoms with van der Waals surface area (Å²) in [4.78, 5) is 0. The predicted molar refractivity (Wildman–Crippen MR) is 108 cm³/mol. The minimum absolute atomic E-state index is 0.107. The third kappa shape index (κ3) is 5.29. The van der Waals surface area contributed by atoms with Gasteiger partial charge in [0.15, 0.2) is 0 Å². The van der Waals surface area contributed by atoms with E-state index >= 15 is 0 Å². The highest BCUT2D eigenvalue weighted by Gasteiger charge is 2.44. The van der Waals surface area contributed by atoms with Crippen molar-refractivity contribution in [3.63, 3.8) is 0 Å². The fraction of sp³-hybridized carbons (Fsp3) is 0.217. The Morgan fingerprint density at radius 1 is 0.853 bits per heavy atom. The summed E-state index contributed by atoms with van der Waals surface area (Å²) in [7, 11) is 0. The summed E-state index contributed by atoms with van der Waals surface area (Å²) < 4.78 is 102. The van der Waals surface area contributed by atoms with E-state index in [2.05, 4.69) is 14.8 Å². The highest BCUT2D eigenvalue weighted by atomic mass is 19.4. The number of ether oxygens (including phenoxy) is 3. The fourth-order valence-electron chi connectivity index (χ4n) is 3.44. The average Bonchev–Trinajstić information content (AvgIpc) is 2.77. The van der Waals surface area contributed by atoms with Gasteiger partial charge in [-0.25, -0.2) is 0 Å². The van der Waals surface area contributed by atoms with Crippen molar-refractivity contribution in [3.8, 4) is 28.4 Å². The van der Waals surface area contributed by atoms with Crippen molar-refractivity contribution in [2.45, 2.75) is 24.9 Å². The van der Waals surface area contributed by atoms with Crippen LogP contribution in [0.1, 0.15) is 11.6 Å². The molecule has 0 amide bonds. The second kappa shape index (κ2) is 8.96. The highest BCUT2D eigenvalue weighted by Crippen LogP contribution is 2.42. The number of alkyl halides is 7. The first-order valence-electron chi connectivity index (χ1n) is 9.85. The van der Waals surface area contributed by atoms with Crippen molar-refractivity contribution in [3.05, 3.63) is 72.3 Å². The molecule has 1 heterocycles. The van der Waals surface area contributed by atoms with Crippen molar-refractivity contribution >= 4 is 5.69 Å². The minimum Gasteiger partial charge on any atom is -0.488 e. The molecule has 3 aromatic carbocycles. The lowest BCUT2D eigenvalue weighted by molar-refractivity contribution is -0.274. The van der Waals surface area contributed by atoms with Gasteiger partial charge in [-0.3, -0.25) is 0 Å². The van der Waals surface area contributed by atoms with Gasteiger partial charge >= 0.3 is 18.9 Å². The smallest absolute Gasteiger partial charge is 0.488 e. The first-order valence-corrected chi connectivity index (χ1v) is 9.85. The standard InChI is InChI=1S/C23H16F7NO3/c24-21(25)22(26,27)33-15-9-7-13(8-10-15)19-12-32-20-17(5-2-6-18(20)31-19)14-3-1-4-16(11-14)34-23(28,29)30/h1-11,19,21,31H,12H2. The van der Waals surface area contributed by atoms with E-state index in [-0.39, 0.29) is 12.4 Å². The van der Waals surface area contributed by atoms with Crippen molar-refractivity contribution in [1.29, 1.82) is 0 Å². The van der Waals surface area contributed by atoms with Crippen LogP contribution in [0, 0.1) is 0 Å². The zero-order valence-corrected chi connectivity index (χ0v) is 17.1. The summed E-state index contributed by atoms with van der Waals surface area (Å²) in [5.41, 5.74) is 2.15. The number of benzene rings is 3. The molecule has 4 rings (SSSR count). The molecule has 1 N–H and O–H groups in total. The molecule has 11 heteroatoms. The van der Waals surface area contributed by atoms with Gasteiger partial charge in [-0.15, -0.1) is 13.2 Å². The average molecular weight is 487 g/mol. The van der Waals surface area contributed by atoms with Crippen LogP contribution in [-0.4, -0.2) is 25.5 Å². The van der Waals surface area contributed by atoms with Crippen molar-refractivity contribution < 1.29 is 44.9 Å². The number of anilines is 1. The first-order chi connectivity index (χ1) is 16.0. The van der Waals surface area contributed by atoms with E-state index in [1.54, 1.807) is 24.3 Å². The molecule has 0 bridgehead atoms. The van der Waals surface area contributed by atoms with Crippen LogP contribution in [0.4, 0.5) is 36.4 Å². The van der Waals surface area contributed by atoms with Crippen LogP contribution in [0.3, 0.4) is 0 Å². The molecule has 34 heavy (non-hydrogen) atoms. The molecule has 0 spiro atoms. The summed E-state index contributed by atoms with van der Waals surface area (Å²) in [6.07, 6.45) is -13.4. The molecular weight excluding hydrogens is 471 g/mol. The first kappa shape index (κ1) is 23.5. The zero-order chi connectivity index (χ0) is 24.5. The fourth-order valence-corrected chi connectivity index (χ4v) is 3.44. The molecule has 1 unspecified atom stereocenters. The predicted octanol–water partition coefficient (Wildman–Crippen LogP) is 7.03. The van der Waals surface area contributed by atoms with Crippen LogP contribution in [-0.2, 0) is 0 Å². The van der Waals surface area contributed by atoms with Gasteiger partial charge in [-0.05, 0) is 41.5 Å². The van der Waals surface area contributed by atoms with Crippen LogP contribution in [0.2, 0.25) is 0 Å². The monoisotopic (exact) mass is 487 g/mol. The summed E-state index contributed by atoms with van der Waals surface area (Å²) in [5.74, 6) is -0.377. The number of hydrogen-bond donors (Lipinski definition) is 1. The van der Waals surface area contributed by atoms with Crippen molar-refractivity contribution in [2.24, 2.45) is 0 Å². The van der Waals surface area contributed by atoms with Crippen LogP contribution in [0.5, 0.6) is 17.2 Å². The van der Waals surface area contributed by atoms with Crippen LogP contribution < -0.4 is 19.5 Å². The molecule has 0 radical (unpaired) electrons. The minimum atomic E-state index is -4.82. The van der Waals surface area contributed by atoms with Crippen molar-refractivity contribution in [1.82, 2.24) is 0 Å². The summed E-state index contributed by atoms with van der Waals surface area (Å²) in [5, 5.41) is 3.22. The maximum atomic E-state index is 13.1. The Balaban J connectivity index is 1.53. The Morgan fingerprint density at radius 2 is 1.56 bits per heavy atom. The highest BCUT2D eigenvalue weighted by molar-refractivity contribution is 5.79. The second-order valence-electron chi connectivity index (χ2n) is 7.30. The molecule has 0 fully saturated rings. The van der Waals surface area contributed by atoms with Gasteiger partial charge in [0, 0.05) is 5.56 Å². The molecule has 0 saturated carbocycles. The number of hydrogen-bond acceptors (Lipinski definition) is 4. The van der Waals surface area contributed by atoms with Crippen molar-refractivity contribution in [2.75, 3.05) is 11.9 Å². The Hall–Kier alpha value is -3.63. The number of fused-ring (bicyclic) bond motifs is 1. The lowest BCUT2D eigenvalue weighted by atomic mass is 10.0. The number of rotatable bonds is 6. The Kier molecular flexibility index (Phi) is 6.20. The number of nitrogens with one attached hydrogen (secondary N) is 1. The van der Waals surface area contributed by atoms with E-state index in [0.717, 1.165) is 12.1 Å². The molecule has 0 saturated heterocycles. The number of halogens is 7. The number of para-hydroxylation sites is 1. The molecule has 3 aromatic rings. The van der Waals surface area contributed by atoms with Gasteiger partial charge < -0.3 is 19.5 Å². The molecule has 0 aliphatic carbocycles. The van der Waals surface area contributed by atoms with Gasteiger partial charge in [0.25, 0.3) is 0 Å². The normalized spacial score (nSPS) is 15.8. The largest absolute Gasteiger partial charge is 0.573 e. The maximum Gasteiger partial charge on any atom is 0.573 e. The van der Waals surface area contributed by atoms with Crippen LogP contribution >= 0.6 is 0 Å². The third-order valence-corrected chi connectivity index (χ3v) is 4.91. The summed E-state index contributed by atoms with van der Waals surface area (Å²) >= 11 is 0. The lowest BCUT2D eigenvalue weighted by Crippen LogP contribution is -2.33. The molecule has 1 aliphatic heterocycles. The molecule has 4 nitrogen and oxygen atoms in total. The summed E-state index contributed by atoms with van der Waals surface area (Å²) in [6, 6.07) is 15.3. The Labute approximate surface area is 188 Å². The van der Waals surface area contributed by atoms with Gasteiger partial charge in [0.1, 0.15) is 23.9 Å². The van der Waals surface area contributed by atoms with Gasteiger partial charge in [0.2, 0.25) is 0 Å². The quantitative estimate of drug-likeness (QED) is 0.379. The second-order valence-corrected chi connectivity index (χ2v) is 7.30. The molecule has 1 atom stereocenters. The van der Waals surface area contributed by atoms with Crippen LogP contribution in [0.15, 0.2) is 66.7 Å². The molecular formula is C23H16F7NO3. The SMILES string of the molecule is FC(F)C(F)(F)Oc1ccc(C2COc3c(cccc3-c3cccc(OC(F)(F)F)c3)N2)cc1. The van der Waals surface area contributed by atoms with E-state index < -0.39 is 30.7 Å². The van der Waals surface area contributed by atoms with E-state index in [1.807, 2.05) is 0 Å². The van der Waals surface area contributed by atoms with Gasteiger partial charge in [-0.1, -0.05) is 36.4 Å². The van der Waals surface area contributed by atoms with Gasteiger partial charge in [-0.2, -0.15) is 17.6 Å². The third-order valence-electron chi connectivity index (χ3n) is 4.91. The van der Waals surface area contributed by atoms with Gasteiger partial charge in [0.05, 0.1) is 11.7 Å². The topological polar surface area (TPSA) is 39.7 Å². The Bertz CT molecular complexity index is 1150. The maximum absolute atomic E-state index is 13.1. The van der Waals surface area contributed by atoms with E-state index in [9.17, 15) is 30.7 Å². The van der Waals surface area contributed by atoms with E-state index in [1.165, 1.54) is 30.3 Å². The molecule has 180 valence electrons. The van der Waals surface area contributed by atoms with E-state index in [4.69, 9.17) is 4.74 Å².